The van der Waals surface area contributed by atoms with Crippen LogP contribution in [0, 0.1) is 0 Å². The maximum atomic E-state index is 9.49. The van der Waals surface area contributed by atoms with Crippen molar-refractivity contribution in [2.75, 3.05) is 13.2 Å². The second-order valence-corrected chi connectivity index (χ2v) is 17.7. The highest BCUT2D eigenvalue weighted by molar-refractivity contribution is 4.81. The minimum atomic E-state index is 0.250. The summed E-state index contributed by atoms with van der Waals surface area (Å²) in [6.45, 7) is 9.61. The lowest BCUT2D eigenvalue weighted by Gasteiger charge is -2.41. The molecule has 3 nitrogen and oxygen atoms in total. The number of hydrogen-bond donors (Lipinski definition) is 2. The first-order chi connectivity index (χ1) is 26.1. The van der Waals surface area contributed by atoms with Crippen LogP contribution in [0.5, 0.6) is 0 Å². The molecule has 0 aromatic heterocycles. The Morgan fingerprint density at radius 2 is 0.509 bits per heavy atom. The first kappa shape index (κ1) is 52.9. The molecule has 0 saturated carbocycles. The molecule has 0 aliphatic rings. The molecule has 3 heteroatoms. The molecule has 53 heavy (non-hydrogen) atoms. The van der Waals surface area contributed by atoms with Crippen LogP contribution in [-0.2, 0) is 0 Å². The smallest absolute Gasteiger partial charge is 0.0445 e. The summed E-state index contributed by atoms with van der Waals surface area (Å²) in [5.41, 5.74) is 0. The lowest BCUT2D eigenvalue weighted by Crippen LogP contribution is -2.47. The largest absolute Gasteiger partial charge is 0.396 e. The van der Waals surface area contributed by atoms with Gasteiger partial charge in [0, 0.05) is 31.3 Å². The molecule has 0 rings (SSSR count). The molecule has 0 amide bonds. The van der Waals surface area contributed by atoms with Gasteiger partial charge >= 0.3 is 0 Å². The van der Waals surface area contributed by atoms with Gasteiger partial charge in [-0.15, -0.1) is 0 Å². The molecule has 0 saturated heterocycles. The number of unbranched alkanes of at least 4 members (excludes halogenated alkanes) is 36. The van der Waals surface area contributed by atoms with E-state index in [9.17, 15) is 10.2 Å². The van der Waals surface area contributed by atoms with Gasteiger partial charge in [0.2, 0.25) is 0 Å². The second-order valence-electron chi connectivity index (χ2n) is 17.7. The van der Waals surface area contributed by atoms with Gasteiger partial charge in [-0.05, 0) is 39.5 Å². The van der Waals surface area contributed by atoms with Crippen molar-refractivity contribution in [1.29, 1.82) is 0 Å². The molecule has 3 unspecified atom stereocenters. The van der Waals surface area contributed by atoms with Crippen molar-refractivity contribution < 1.29 is 10.2 Å². The fourth-order valence-corrected chi connectivity index (χ4v) is 9.03. The van der Waals surface area contributed by atoms with E-state index in [4.69, 9.17) is 0 Å². The van der Waals surface area contributed by atoms with E-state index in [1.54, 1.807) is 0 Å². The van der Waals surface area contributed by atoms with Gasteiger partial charge in [-0.3, -0.25) is 4.90 Å². The molecule has 0 heterocycles. The molecule has 0 spiro atoms. The van der Waals surface area contributed by atoms with E-state index in [2.05, 4.69) is 32.6 Å². The summed E-state index contributed by atoms with van der Waals surface area (Å²) in [4.78, 5) is 2.59. The monoisotopic (exact) mass is 750 g/mol. The molecule has 3 atom stereocenters. The average Bonchev–Trinajstić information content (AvgIpc) is 3.15. The second kappa shape index (κ2) is 44.6. The molecule has 0 aliphatic carbocycles. The molecule has 320 valence electrons. The van der Waals surface area contributed by atoms with Crippen molar-refractivity contribution in [1.82, 2.24) is 4.90 Å². The van der Waals surface area contributed by atoms with Crippen molar-refractivity contribution in [3.8, 4) is 0 Å². The van der Waals surface area contributed by atoms with E-state index in [1.807, 2.05) is 0 Å². The van der Waals surface area contributed by atoms with Crippen LogP contribution in [0.25, 0.3) is 0 Å². The van der Waals surface area contributed by atoms with Gasteiger partial charge < -0.3 is 10.2 Å². The first-order valence-electron chi connectivity index (χ1n) is 25.1. The van der Waals surface area contributed by atoms with Crippen LogP contribution in [0.4, 0.5) is 0 Å². The summed E-state index contributed by atoms with van der Waals surface area (Å²) in [7, 11) is 0. The van der Waals surface area contributed by atoms with Crippen LogP contribution in [0.1, 0.15) is 291 Å². The normalized spacial score (nSPS) is 13.6. The third-order valence-electron chi connectivity index (χ3n) is 12.6. The number of aliphatic hydroxyl groups is 2. The van der Waals surface area contributed by atoms with Crippen LogP contribution in [0.2, 0.25) is 0 Å². The topological polar surface area (TPSA) is 43.7 Å². The molecular formula is C50H103NO2. The Bertz CT molecular complexity index is 643. The highest BCUT2D eigenvalue weighted by Crippen LogP contribution is 2.23. The molecule has 0 aromatic carbocycles. The molecule has 0 radical (unpaired) electrons. The lowest BCUT2D eigenvalue weighted by atomic mass is 9.97. The maximum Gasteiger partial charge on any atom is 0.0445 e. The minimum Gasteiger partial charge on any atom is -0.396 e. The van der Waals surface area contributed by atoms with Crippen molar-refractivity contribution in [3.63, 3.8) is 0 Å². The van der Waals surface area contributed by atoms with Gasteiger partial charge in [0.15, 0.2) is 0 Å². The van der Waals surface area contributed by atoms with Gasteiger partial charge in [-0.1, -0.05) is 251 Å². The zero-order valence-corrected chi connectivity index (χ0v) is 37.5. The molecule has 0 aliphatic heterocycles. The van der Waals surface area contributed by atoms with Gasteiger partial charge in [-0.25, -0.2) is 0 Å². The molecule has 2 N–H and O–H groups in total. The predicted octanol–water partition coefficient (Wildman–Crippen LogP) is 16.5. The van der Waals surface area contributed by atoms with Crippen molar-refractivity contribution >= 4 is 0 Å². The first-order valence-corrected chi connectivity index (χ1v) is 25.1. The maximum absolute atomic E-state index is 9.49. The predicted molar refractivity (Wildman–Crippen MR) is 239 cm³/mol. The van der Waals surface area contributed by atoms with E-state index in [-0.39, 0.29) is 13.2 Å². The van der Waals surface area contributed by atoms with E-state index in [0.29, 0.717) is 18.1 Å². The Hall–Kier alpha value is -0.120. The van der Waals surface area contributed by atoms with E-state index in [1.165, 1.54) is 244 Å². The molecule has 0 bridgehead atoms. The van der Waals surface area contributed by atoms with Crippen molar-refractivity contribution in [2.45, 2.75) is 309 Å². The Balaban J connectivity index is 3.33. The van der Waals surface area contributed by atoms with E-state index < -0.39 is 0 Å². The van der Waals surface area contributed by atoms with Crippen LogP contribution in [0.3, 0.4) is 0 Å². The van der Waals surface area contributed by atoms with Gasteiger partial charge in [0.05, 0.1) is 0 Å². The van der Waals surface area contributed by atoms with Crippen LogP contribution >= 0.6 is 0 Å². The zero-order valence-electron chi connectivity index (χ0n) is 37.5. The highest BCUT2D eigenvalue weighted by Gasteiger charge is 2.26. The summed E-state index contributed by atoms with van der Waals surface area (Å²) in [6, 6.07) is 1.33. The Kier molecular flexibility index (Phi) is 44.5. The van der Waals surface area contributed by atoms with Gasteiger partial charge in [-0.2, -0.15) is 0 Å². The number of aliphatic hydroxyl groups excluding tert-OH is 2. The average molecular weight is 750 g/mol. The summed E-state index contributed by atoms with van der Waals surface area (Å²) in [5.74, 6) is 0. The van der Waals surface area contributed by atoms with Crippen molar-refractivity contribution in [2.24, 2.45) is 0 Å². The van der Waals surface area contributed by atoms with Crippen LogP contribution in [-0.4, -0.2) is 46.5 Å². The standard InChI is InChI=1S/C50H103NO2/c1-5-7-8-9-10-11-12-13-14-15-16-17-18-19-20-21-22-23-24-25-26-27-28-29-30-31-32-33-34-35-36-37-38-39-40-41-42-43-50(6-2)51(48(3)44-46-52)49(4)45-47-53/h48-50,52-53H,5-47H2,1-4H3. The van der Waals surface area contributed by atoms with Crippen LogP contribution in [0.15, 0.2) is 0 Å². The Morgan fingerprint density at radius 1 is 0.302 bits per heavy atom. The SMILES string of the molecule is CCCCCCCCCCCCCCCCCCCCCCCCCCCCCCCCCCCCCCCC(CC)N(C(C)CCO)C(C)CCO. The van der Waals surface area contributed by atoms with Crippen LogP contribution < -0.4 is 0 Å². The highest BCUT2D eigenvalue weighted by atomic mass is 16.3. The summed E-state index contributed by atoms with van der Waals surface area (Å²) >= 11 is 0. The quantitative estimate of drug-likeness (QED) is 0.0609. The number of rotatable bonds is 46. The third-order valence-corrected chi connectivity index (χ3v) is 12.6. The fourth-order valence-electron chi connectivity index (χ4n) is 9.03. The van der Waals surface area contributed by atoms with E-state index >= 15 is 0 Å². The number of nitrogens with zero attached hydrogens (tertiary/aromatic N) is 1. The van der Waals surface area contributed by atoms with E-state index in [0.717, 1.165) is 19.3 Å². The zero-order chi connectivity index (χ0) is 38.7. The minimum absolute atomic E-state index is 0.250. The summed E-state index contributed by atoms with van der Waals surface area (Å²) in [5, 5.41) is 19.0. The molecular weight excluding hydrogens is 647 g/mol. The number of hydrogen-bond acceptors (Lipinski definition) is 3. The van der Waals surface area contributed by atoms with Crippen molar-refractivity contribution in [3.05, 3.63) is 0 Å². The lowest BCUT2D eigenvalue weighted by molar-refractivity contribution is 0.0568. The molecule has 0 aromatic rings. The fraction of sp³-hybridized carbons (Fsp3) is 1.00. The Labute approximate surface area is 336 Å². The summed E-state index contributed by atoms with van der Waals surface area (Å²) < 4.78 is 0. The Morgan fingerprint density at radius 3 is 0.698 bits per heavy atom. The summed E-state index contributed by atoms with van der Waals surface area (Å²) in [6.07, 6.45) is 58.0. The third kappa shape index (κ3) is 37.2. The van der Waals surface area contributed by atoms with Gasteiger partial charge in [0.1, 0.15) is 0 Å². The molecule has 0 fully saturated rings. The van der Waals surface area contributed by atoms with Gasteiger partial charge in [0.25, 0.3) is 0 Å².